The second-order valence-corrected chi connectivity index (χ2v) is 5.19. The van der Waals surface area contributed by atoms with Crippen molar-refractivity contribution in [2.24, 2.45) is 0 Å². The fourth-order valence-corrected chi connectivity index (χ4v) is 2.84. The van der Waals surface area contributed by atoms with Gasteiger partial charge in [0.2, 0.25) is 0 Å². The summed E-state index contributed by atoms with van der Waals surface area (Å²) in [6.07, 6.45) is 0. The predicted molar refractivity (Wildman–Crippen MR) is 83.9 cm³/mol. The summed E-state index contributed by atoms with van der Waals surface area (Å²) < 4.78 is 1.80. The summed E-state index contributed by atoms with van der Waals surface area (Å²) in [5.41, 5.74) is 3.42. The van der Waals surface area contributed by atoms with Crippen LogP contribution in [0.1, 0.15) is 27.2 Å². The molecule has 3 aromatic rings. The highest BCUT2D eigenvalue weighted by Gasteiger charge is 2.19. The largest absolute Gasteiger partial charge is 0.477 e. The van der Waals surface area contributed by atoms with Gasteiger partial charge in [-0.1, -0.05) is 30.3 Å². The number of hydrogen-bond donors (Lipinski definition) is 1. The second-order valence-electron chi connectivity index (χ2n) is 5.19. The van der Waals surface area contributed by atoms with Gasteiger partial charge in [-0.05, 0) is 36.2 Å². The zero-order valence-electron chi connectivity index (χ0n) is 12.1. The lowest BCUT2D eigenvalue weighted by Crippen LogP contribution is -2.10. The molecule has 0 aliphatic rings. The highest BCUT2D eigenvalue weighted by Crippen LogP contribution is 2.26. The maximum absolute atomic E-state index is 11.7. The maximum atomic E-state index is 11.7. The van der Waals surface area contributed by atoms with Crippen LogP contribution in [0.4, 0.5) is 0 Å². The molecule has 1 heterocycles. The van der Waals surface area contributed by atoms with E-state index in [2.05, 4.69) is 6.07 Å². The number of rotatable bonds is 3. The number of aromatic carboxylic acids is 1. The van der Waals surface area contributed by atoms with Crippen LogP contribution in [0, 0.1) is 18.3 Å². The first-order chi connectivity index (χ1) is 10.6. The number of carbonyl (C=O) groups is 1. The van der Waals surface area contributed by atoms with Gasteiger partial charge in [0.15, 0.2) is 0 Å². The molecule has 0 spiro atoms. The summed E-state index contributed by atoms with van der Waals surface area (Å²) in [4.78, 5) is 11.7. The van der Waals surface area contributed by atoms with Gasteiger partial charge < -0.3 is 9.67 Å². The molecule has 0 bridgehead atoms. The first-order valence-corrected chi connectivity index (χ1v) is 6.92. The topological polar surface area (TPSA) is 66.0 Å². The van der Waals surface area contributed by atoms with Crippen LogP contribution in [0.25, 0.3) is 10.9 Å². The van der Waals surface area contributed by atoms with Crippen molar-refractivity contribution in [2.75, 3.05) is 0 Å². The molecule has 1 aromatic heterocycles. The number of fused-ring (bicyclic) bond motifs is 1. The first-order valence-electron chi connectivity index (χ1n) is 6.92. The van der Waals surface area contributed by atoms with Crippen LogP contribution < -0.4 is 0 Å². The molecule has 0 saturated carbocycles. The molecule has 2 aromatic carbocycles. The van der Waals surface area contributed by atoms with Gasteiger partial charge in [0.25, 0.3) is 0 Å². The van der Waals surface area contributed by atoms with Gasteiger partial charge in [-0.3, -0.25) is 0 Å². The van der Waals surface area contributed by atoms with E-state index in [1.807, 2.05) is 43.3 Å². The Morgan fingerprint density at radius 3 is 2.73 bits per heavy atom. The van der Waals surface area contributed by atoms with Crippen LogP contribution in [-0.4, -0.2) is 15.6 Å². The Morgan fingerprint density at radius 1 is 1.23 bits per heavy atom. The fourth-order valence-electron chi connectivity index (χ4n) is 2.84. The molecule has 108 valence electrons. The molecule has 0 aliphatic heterocycles. The Labute approximate surface area is 127 Å². The summed E-state index contributed by atoms with van der Waals surface area (Å²) in [7, 11) is 0. The molecule has 4 heteroatoms. The van der Waals surface area contributed by atoms with E-state index in [0.29, 0.717) is 17.8 Å². The van der Waals surface area contributed by atoms with Gasteiger partial charge in [0, 0.05) is 17.4 Å². The van der Waals surface area contributed by atoms with Crippen molar-refractivity contribution in [1.29, 1.82) is 5.26 Å². The number of aromatic nitrogens is 1. The molecule has 4 nitrogen and oxygen atoms in total. The Kier molecular flexibility index (Phi) is 3.40. The maximum Gasteiger partial charge on any atom is 0.352 e. The highest BCUT2D eigenvalue weighted by atomic mass is 16.4. The van der Waals surface area contributed by atoms with Crippen molar-refractivity contribution in [3.63, 3.8) is 0 Å². The minimum Gasteiger partial charge on any atom is -0.477 e. The highest BCUT2D eigenvalue weighted by molar-refractivity contribution is 5.98. The van der Waals surface area contributed by atoms with Crippen LogP contribution >= 0.6 is 0 Å². The summed E-state index contributed by atoms with van der Waals surface area (Å²) in [6.45, 7) is 2.25. The summed E-state index contributed by atoms with van der Waals surface area (Å²) in [5, 5.41) is 19.5. The lowest BCUT2D eigenvalue weighted by atomic mass is 10.1. The molecule has 0 amide bonds. The predicted octanol–water partition coefficient (Wildman–Crippen LogP) is 3.57. The van der Waals surface area contributed by atoms with Crippen LogP contribution in [0.15, 0.2) is 48.5 Å². The van der Waals surface area contributed by atoms with Crippen molar-refractivity contribution < 1.29 is 9.90 Å². The zero-order valence-corrected chi connectivity index (χ0v) is 12.1. The molecule has 0 atom stereocenters. The Hall–Kier alpha value is -3.06. The van der Waals surface area contributed by atoms with E-state index in [0.717, 1.165) is 22.0 Å². The molecule has 1 N–H and O–H groups in total. The van der Waals surface area contributed by atoms with E-state index >= 15 is 0 Å². The number of hydrogen-bond acceptors (Lipinski definition) is 2. The molecular formula is C18H14N2O2. The second kappa shape index (κ2) is 5.38. The first kappa shape index (κ1) is 13.9. The van der Waals surface area contributed by atoms with E-state index in [4.69, 9.17) is 5.26 Å². The van der Waals surface area contributed by atoms with Gasteiger partial charge in [0.1, 0.15) is 5.69 Å². The van der Waals surface area contributed by atoms with Crippen molar-refractivity contribution in [2.45, 2.75) is 13.5 Å². The summed E-state index contributed by atoms with van der Waals surface area (Å²) in [6, 6.07) is 17.0. The van der Waals surface area contributed by atoms with E-state index in [1.54, 1.807) is 16.7 Å². The lowest BCUT2D eigenvalue weighted by Gasteiger charge is -2.09. The van der Waals surface area contributed by atoms with Crippen molar-refractivity contribution in [3.05, 3.63) is 70.9 Å². The molecular weight excluding hydrogens is 276 g/mol. The third kappa shape index (κ3) is 2.23. The number of para-hydroxylation sites is 1. The minimum absolute atomic E-state index is 0.295. The number of nitriles is 1. The van der Waals surface area contributed by atoms with Crippen molar-refractivity contribution in [1.82, 2.24) is 4.57 Å². The Morgan fingerprint density at radius 2 is 2.00 bits per heavy atom. The molecule has 0 fully saturated rings. The monoisotopic (exact) mass is 290 g/mol. The van der Waals surface area contributed by atoms with E-state index < -0.39 is 5.97 Å². The fraction of sp³-hybridized carbons (Fsp3) is 0.111. The average Bonchev–Trinajstić information content (AvgIpc) is 2.81. The van der Waals surface area contributed by atoms with E-state index in [9.17, 15) is 9.90 Å². The van der Waals surface area contributed by atoms with Crippen LogP contribution in [-0.2, 0) is 6.54 Å². The molecule has 22 heavy (non-hydrogen) atoms. The van der Waals surface area contributed by atoms with Crippen molar-refractivity contribution >= 4 is 16.9 Å². The van der Waals surface area contributed by atoms with Gasteiger partial charge in [-0.15, -0.1) is 0 Å². The van der Waals surface area contributed by atoms with Crippen LogP contribution in [0.5, 0.6) is 0 Å². The third-order valence-electron chi connectivity index (χ3n) is 3.82. The average molecular weight is 290 g/mol. The Balaban J connectivity index is 2.19. The summed E-state index contributed by atoms with van der Waals surface area (Å²) >= 11 is 0. The molecule has 0 aliphatic carbocycles. The number of carboxylic acids is 1. The van der Waals surface area contributed by atoms with E-state index in [1.165, 1.54) is 0 Å². The normalized spacial score (nSPS) is 10.5. The number of carboxylic acid groups (broad SMARTS) is 1. The standard InChI is InChI=1S/C18H14N2O2/c1-12-15-7-2-3-8-16(15)20(17(12)18(21)22)11-14-6-4-5-13(9-14)10-19/h2-9H,11H2,1H3,(H,21,22). The number of nitrogens with zero attached hydrogens (tertiary/aromatic N) is 2. The van der Waals surface area contributed by atoms with Crippen LogP contribution in [0.2, 0.25) is 0 Å². The molecule has 0 radical (unpaired) electrons. The van der Waals surface area contributed by atoms with Gasteiger partial charge >= 0.3 is 5.97 Å². The lowest BCUT2D eigenvalue weighted by molar-refractivity contribution is 0.0685. The molecule has 0 unspecified atom stereocenters. The quantitative estimate of drug-likeness (QED) is 0.802. The van der Waals surface area contributed by atoms with E-state index in [-0.39, 0.29) is 0 Å². The van der Waals surface area contributed by atoms with Crippen molar-refractivity contribution in [3.8, 4) is 6.07 Å². The SMILES string of the molecule is Cc1c(C(=O)O)n(Cc2cccc(C#N)c2)c2ccccc12. The molecule has 0 saturated heterocycles. The third-order valence-corrected chi connectivity index (χ3v) is 3.82. The number of aryl methyl sites for hydroxylation is 1. The van der Waals surface area contributed by atoms with Gasteiger partial charge in [-0.25, -0.2) is 4.79 Å². The number of benzene rings is 2. The van der Waals surface area contributed by atoms with Crippen LogP contribution in [0.3, 0.4) is 0 Å². The minimum atomic E-state index is -0.940. The smallest absolute Gasteiger partial charge is 0.352 e. The zero-order chi connectivity index (χ0) is 15.7. The Bertz CT molecular complexity index is 916. The summed E-state index contributed by atoms with van der Waals surface area (Å²) in [5.74, 6) is -0.940. The van der Waals surface area contributed by atoms with Gasteiger partial charge in [0.05, 0.1) is 11.6 Å². The van der Waals surface area contributed by atoms with Gasteiger partial charge in [-0.2, -0.15) is 5.26 Å². The molecule has 3 rings (SSSR count).